The lowest BCUT2D eigenvalue weighted by Gasteiger charge is -2.50. The van der Waals surface area contributed by atoms with Crippen LogP contribution in [0, 0.1) is 6.92 Å². The van der Waals surface area contributed by atoms with Gasteiger partial charge in [-0.3, -0.25) is 14.4 Å². The first-order valence-corrected chi connectivity index (χ1v) is 9.58. The van der Waals surface area contributed by atoms with Crippen molar-refractivity contribution in [2.45, 2.75) is 51.6 Å². The number of aromatic amines is 1. The highest BCUT2D eigenvalue weighted by Crippen LogP contribution is 2.42. The number of hydrogen-bond acceptors (Lipinski definition) is 4. The quantitative estimate of drug-likeness (QED) is 0.909. The van der Waals surface area contributed by atoms with Crippen LogP contribution < -0.4 is 0 Å². The van der Waals surface area contributed by atoms with Gasteiger partial charge in [-0.15, -0.1) is 0 Å². The average molecular weight is 356 g/mol. The molecule has 1 N–H and O–H groups in total. The molecule has 1 fully saturated rings. The van der Waals surface area contributed by atoms with Gasteiger partial charge in [-0.05, 0) is 19.8 Å². The van der Waals surface area contributed by atoms with Gasteiger partial charge in [0, 0.05) is 63.0 Å². The number of nitrogens with one attached hydrogen (secondary N) is 1. The van der Waals surface area contributed by atoms with Crippen molar-refractivity contribution in [2.75, 3.05) is 19.6 Å². The van der Waals surface area contributed by atoms with Gasteiger partial charge in [0.05, 0.1) is 23.8 Å². The fraction of sp³-hybridized carbons (Fsp3) is 0.632. The number of carbonyl (C=O) groups is 1. The second-order valence-corrected chi connectivity index (χ2v) is 7.57. The molecule has 0 saturated carbocycles. The first-order chi connectivity index (χ1) is 12.5. The van der Waals surface area contributed by atoms with Crippen LogP contribution in [0.5, 0.6) is 0 Å². The van der Waals surface area contributed by atoms with Crippen LogP contribution in [0.4, 0.5) is 0 Å². The second-order valence-electron chi connectivity index (χ2n) is 7.57. The van der Waals surface area contributed by atoms with Crippen molar-refractivity contribution in [2.24, 2.45) is 7.05 Å². The molecule has 0 bridgehead atoms. The fourth-order valence-electron chi connectivity index (χ4n) is 4.56. The monoisotopic (exact) mass is 356 g/mol. The molecular weight excluding hydrogens is 328 g/mol. The molecule has 0 atom stereocenters. The molecule has 1 spiro atoms. The molecule has 0 aliphatic carbocycles. The van der Waals surface area contributed by atoms with Gasteiger partial charge in [-0.2, -0.15) is 5.10 Å². The number of carbonyl (C=O) groups excluding carboxylic acids is 1. The Morgan fingerprint density at radius 1 is 1.31 bits per heavy atom. The normalized spacial score (nSPS) is 19.7. The second kappa shape index (κ2) is 6.54. The number of H-pyrrole nitrogens is 1. The summed E-state index contributed by atoms with van der Waals surface area (Å²) < 4.78 is 1.93. The molecule has 2 aromatic rings. The first kappa shape index (κ1) is 17.3. The van der Waals surface area contributed by atoms with E-state index in [9.17, 15) is 4.79 Å². The van der Waals surface area contributed by atoms with E-state index >= 15 is 0 Å². The number of amides is 1. The Kier molecular flexibility index (Phi) is 4.34. The van der Waals surface area contributed by atoms with Crippen LogP contribution in [0.25, 0.3) is 0 Å². The van der Waals surface area contributed by atoms with Crippen LogP contribution in [0.15, 0.2) is 12.5 Å². The van der Waals surface area contributed by atoms with E-state index in [0.717, 1.165) is 51.1 Å². The summed E-state index contributed by atoms with van der Waals surface area (Å²) in [6.45, 7) is 7.72. The molecule has 4 heterocycles. The summed E-state index contributed by atoms with van der Waals surface area (Å²) in [6.07, 6.45) is 7.07. The molecule has 2 aromatic heterocycles. The van der Waals surface area contributed by atoms with Crippen molar-refractivity contribution >= 4 is 5.91 Å². The molecule has 7 nitrogen and oxygen atoms in total. The van der Waals surface area contributed by atoms with Gasteiger partial charge >= 0.3 is 0 Å². The van der Waals surface area contributed by atoms with Crippen molar-refractivity contribution in [1.29, 1.82) is 0 Å². The highest BCUT2D eigenvalue weighted by Gasteiger charge is 2.48. The number of fused-ring (bicyclic) bond motifs is 2. The summed E-state index contributed by atoms with van der Waals surface area (Å²) in [5, 5.41) is 4.36. The molecule has 0 aromatic carbocycles. The SMILES string of the molecule is CCC(=O)N1CCc2[nH]cnc2C12CCN(Cc1cnn(C)c1C)CC2. The Bertz CT molecular complexity index is 799. The van der Waals surface area contributed by atoms with Gasteiger partial charge < -0.3 is 9.88 Å². The molecule has 7 heteroatoms. The summed E-state index contributed by atoms with van der Waals surface area (Å²) in [5.41, 5.74) is 4.58. The van der Waals surface area contributed by atoms with Crippen LogP contribution >= 0.6 is 0 Å². The van der Waals surface area contributed by atoms with Gasteiger partial charge in [-0.25, -0.2) is 4.98 Å². The number of imidazole rings is 1. The number of aromatic nitrogens is 4. The number of rotatable bonds is 3. The molecular formula is C19H28N6O. The Morgan fingerprint density at radius 3 is 2.73 bits per heavy atom. The van der Waals surface area contributed by atoms with Gasteiger partial charge in [0.2, 0.25) is 5.91 Å². The molecule has 26 heavy (non-hydrogen) atoms. The zero-order chi connectivity index (χ0) is 18.3. The fourth-order valence-corrected chi connectivity index (χ4v) is 4.56. The number of piperidine rings is 1. The van der Waals surface area contributed by atoms with Gasteiger partial charge in [0.1, 0.15) is 0 Å². The summed E-state index contributed by atoms with van der Waals surface area (Å²) in [4.78, 5) is 25.2. The van der Waals surface area contributed by atoms with Crippen LogP contribution in [0.2, 0.25) is 0 Å². The smallest absolute Gasteiger partial charge is 0.223 e. The average Bonchev–Trinajstić information content (AvgIpc) is 3.26. The standard InChI is InChI=1S/C19H28N6O/c1-4-17(26)25-8-5-16-18(21-13-20-16)19(25)6-9-24(10-7-19)12-15-11-22-23(3)14(15)2/h11,13H,4-10,12H2,1-3H3,(H,20,21). The molecule has 1 saturated heterocycles. The first-order valence-electron chi connectivity index (χ1n) is 9.58. The number of hydrogen-bond donors (Lipinski definition) is 1. The van der Waals surface area contributed by atoms with E-state index in [0.29, 0.717) is 6.42 Å². The van der Waals surface area contributed by atoms with Crippen molar-refractivity contribution in [1.82, 2.24) is 29.5 Å². The largest absolute Gasteiger partial charge is 0.348 e. The van der Waals surface area contributed by atoms with Crippen LogP contribution in [-0.2, 0) is 30.3 Å². The highest BCUT2D eigenvalue weighted by molar-refractivity contribution is 5.77. The summed E-state index contributed by atoms with van der Waals surface area (Å²) in [6, 6.07) is 0. The van der Waals surface area contributed by atoms with Crippen molar-refractivity contribution < 1.29 is 4.79 Å². The van der Waals surface area contributed by atoms with Crippen LogP contribution in [0.3, 0.4) is 0 Å². The Hall–Kier alpha value is -2.15. The Balaban J connectivity index is 1.55. The van der Waals surface area contributed by atoms with E-state index < -0.39 is 0 Å². The van der Waals surface area contributed by atoms with E-state index in [2.05, 4.69) is 31.8 Å². The minimum atomic E-state index is -0.235. The third-order valence-electron chi connectivity index (χ3n) is 6.28. The molecule has 2 aliphatic heterocycles. The van der Waals surface area contributed by atoms with E-state index in [-0.39, 0.29) is 11.4 Å². The predicted octanol–water partition coefficient (Wildman–Crippen LogP) is 1.74. The third-order valence-corrected chi connectivity index (χ3v) is 6.28. The molecule has 4 rings (SSSR count). The van der Waals surface area contributed by atoms with Crippen LogP contribution in [0.1, 0.15) is 48.8 Å². The van der Waals surface area contributed by atoms with Gasteiger partial charge in [-0.1, -0.05) is 6.92 Å². The third kappa shape index (κ3) is 2.65. The lowest BCUT2D eigenvalue weighted by Crippen LogP contribution is -2.58. The van der Waals surface area contributed by atoms with Gasteiger partial charge in [0.15, 0.2) is 0 Å². The minimum Gasteiger partial charge on any atom is -0.348 e. The molecule has 140 valence electrons. The molecule has 0 radical (unpaired) electrons. The minimum absolute atomic E-state index is 0.235. The number of nitrogens with zero attached hydrogens (tertiary/aromatic N) is 5. The van der Waals surface area contributed by atoms with Crippen molar-refractivity contribution in [3.8, 4) is 0 Å². The topological polar surface area (TPSA) is 70.1 Å². The Morgan fingerprint density at radius 2 is 2.08 bits per heavy atom. The maximum Gasteiger partial charge on any atom is 0.223 e. The van der Waals surface area contributed by atoms with E-state index in [4.69, 9.17) is 0 Å². The summed E-state index contributed by atoms with van der Waals surface area (Å²) in [5.74, 6) is 0.246. The summed E-state index contributed by atoms with van der Waals surface area (Å²) in [7, 11) is 1.99. The van der Waals surface area contributed by atoms with Gasteiger partial charge in [0.25, 0.3) is 0 Å². The lowest BCUT2D eigenvalue weighted by molar-refractivity contribution is -0.141. The van der Waals surface area contributed by atoms with Crippen molar-refractivity contribution in [3.05, 3.63) is 35.2 Å². The molecule has 0 unspecified atom stereocenters. The lowest BCUT2D eigenvalue weighted by atomic mass is 9.78. The molecule has 1 amide bonds. The highest BCUT2D eigenvalue weighted by atomic mass is 16.2. The van der Waals surface area contributed by atoms with E-state index in [1.54, 1.807) is 6.33 Å². The maximum absolute atomic E-state index is 12.7. The predicted molar refractivity (Wildman–Crippen MR) is 98.4 cm³/mol. The number of aryl methyl sites for hydroxylation is 1. The maximum atomic E-state index is 12.7. The molecule has 2 aliphatic rings. The van der Waals surface area contributed by atoms with E-state index in [1.807, 2.05) is 24.9 Å². The number of likely N-dealkylation sites (tertiary alicyclic amines) is 1. The van der Waals surface area contributed by atoms with E-state index in [1.165, 1.54) is 17.0 Å². The Labute approximate surface area is 154 Å². The van der Waals surface area contributed by atoms with Crippen LogP contribution in [-0.4, -0.2) is 55.1 Å². The van der Waals surface area contributed by atoms with Crippen molar-refractivity contribution in [3.63, 3.8) is 0 Å². The zero-order valence-corrected chi connectivity index (χ0v) is 16.0. The zero-order valence-electron chi connectivity index (χ0n) is 16.0. The summed E-state index contributed by atoms with van der Waals surface area (Å²) >= 11 is 0.